The van der Waals surface area contributed by atoms with Gasteiger partial charge in [0, 0.05) is 25.2 Å². The molecule has 0 amide bonds. The van der Waals surface area contributed by atoms with Crippen LogP contribution >= 0.6 is 0 Å². The van der Waals surface area contributed by atoms with E-state index in [1.54, 1.807) is 6.92 Å². The van der Waals surface area contributed by atoms with Gasteiger partial charge in [0.15, 0.2) is 0 Å². The van der Waals surface area contributed by atoms with E-state index in [-0.39, 0.29) is 42.3 Å². The van der Waals surface area contributed by atoms with Gasteiger partial charge in [0.2, 0.25) is 0 Å². The lowest BCUT2D eigenvalue weighted by atomic mass is 9.83. The van der Waals surface area contributed by atoms with Crippen LogP contribution in [-0.2, 0) is 14.3 Å². The number of alkyl halides is 2. The van der Waals surface area contributed by atoms with Crippen molar-refractivity contribution in [2.24, 2.45) is 17.8 Å². The number of allylic oxidation sites excluding steroid dienone is 2. The molecule has 0 aromatic carbocycles. The number of carbonyl (C=O) groups excluding carboxylic acids is 2. The van der Waals surface area contributed by atoms with Crippen molar-refractivity contribution in [3.8, 4) is 0 Å². The molecular formula is C22H36F2O4. The highest BCUT2D eigenvalue weighted by Crippen LogP contribution is 2.40. The van der Waals surface area contributed by atoms with Crippen LogP contribution in [0.5, 0.6) is 0 Å². The molecule has 1 saturated carbocycles. The Morgan fingerprint density at radius 2 is 2.07 bits per heavy atom. The summed E-state index contributed by atoms with van der Waals surface area (Å²) >= 11 is 0. The number of hydrogen-bond acceptors (Lipinski definition) is 4. The molecule has 0 heterocycles. The highest BCUT2D eigenvalue weighted by atomic mass is 19.3. The number of unbranched alkanes of at least 4 members (excludes halogenated alkanes) is 1. The van der Waals surface area contributed by atoms with Crippen LogP contribution in [0.15, 0.2) is 12.2 Å². The molecule has 1 unspecified atom stereocenters. The predicted molar refractivity (Wildman–Crippen MR) is 105 cm³/mol. The molecule has 1 rings (SSSR count). The average Bonchev–Trinajstić information content (AvgIpc) is 2.90. The summed E-state index contributed by atoms with van der Waals surface area (Å²) in [5, 5.41) is 9.79. The van der Waals surface area contributed by atoms with Crippen LogP contribution in [0, 0.1) is 17.8 Å². The number of esters is 1. The molecule has 162 valence electrons. The fourth-order valence-corrected chi connectivity index (χ4v) is 4.13. The lowest BCUT2D eigenvalue weighted by Crippen LogP contribution is -2.33. The molecule has 0 aromatic rings. The van der Waals surface area contributed by atoms with Crippen molar-refractivity contribution >= 4 is 11.8 Å². The third-order valence-corrected chi connectivity index (χ3v) is 5.81. The summed E-state index contributed by atoms with van der Waals surface area (Å²) in [4.78, 5) is 23.4. The van der Waals surface area contributed by atoms with Crippen LogP contribution in [0.4, 0.5) is 8.78 Å². The summed E-state index contributed by atoms with van der Waals surface area (Å²) in [6.45, 7) is 3.73. The summed E-state index contributed by atoms with van der Waals surface area (Å²) < 4.78 is 32.1. The van der Waals surface area contributed by atoms with E-state index >= 15 is 0 Å². The minimum absolute atomic E-state index is 0.0693. The second-order valence-electron chi connectivity index (χ2n) is 8.05. The average molecular weight is 403 g/mol. The van der Waals surface area contributed by atoms with Gasteiger partial charge in [-0.05, 0) is 43.9 Å². The molecule has 1 N–H and O–H groups in total. The quantitative estimate of drug-likeness (QED) is 0.265. The van der Waals surface area contributed by atoms with Crippen molar-refractivity contribution in [3.63, 3.8) is 0 Å². The van der Waals surface area contributed by atoms with Crippen molar-refractivity contribution in [1.82, 2.24) is 0 Å². The number of carbonyl (C=O) groups is 2. The zero-order valence-electron chi connectivity index (χ0n) is 17.5. The van der Waals surface area contributed by atoms with Gasteiger partial charge in [-0.2, -0.15) is 0 Å². The van der Waals surface area contributed by atoms with Gasteiger partial charge in [-0.1, -0.05) is 38.8 Å². The van der Waals surface area contributed by atoms with Crippen molar-refractivity contribution < 1.29 is 28.2 Å². The Bertz CT molecular complexity index is 519. The van der Waals surface area contributed by atoms with E-state index in [1.165, 1.54) is 7.11 Å². The Labute approximate surface area is 167 Å². The van der Waals surface area contributed by atoms with Gasteiger partial charge in [-0.25, -0.2) is 8.78 Å². The van der Waals surface area contributed by atoms with E-state index in [2.05, 4.69) is 4.74 Å². The maximum absolute atomic E-state index is 13.7. The molecule has 1 fully saturated rings. The van der Waals surface area contributed by atoms with Gasteiger partial charge in [0.25, 0.3) is 5.92 Å². The first-order valence-electron chi connectivity index (χ1n) is 10.5. The van der Waals surface area contributed by atoms with Gasteiger partial charge in [0.05, 0.1) is 7.11 Å². The largest absolute Gasteiger partial charge is 0.469 e. The lowest BCUT2D eigenvalue weighted by Gasteiger charge is -2.24. The van der Waals surface area contributed by atoms with E-state index in [4.69, 9.17) is 0 Å². The van der Waals surface area contributed by atoms with Crippen LogP contribution in [-0.4, -0.2) is 36.0 Å². The van der Waals surface area contributed by atoms with Crippen molar-refractivity contribution in [2.75, 3.05) is 7.11 Å². The van der Waals surface area contributed by atoms with Crippen LogP contribution in [0.1, 0.15) is 78.1 Å². The number of hydrogen-bond donors (Lipinski definition) is 1. The second kappa shape index (κ2) is 12.3. The van der Waals surface area contributed by atoms with E-state index < -0.39 is 12.0 Å². The Hall–Kier alpha value is -1.30. The Morgan fingerprint density at radius 3 is 2.71 bits per heavy atom. The maximum atomic E-state index is 13.7. The van der Waals surface area contributed by atoms with E-state index in [1.807, 2.05) is 19.1 Å². The number of halogens is 2. The van der Waals surface area contributed by atoms with Gasteiger partial charge in [-0.3, -0.25) is 9.59 Å². The van der Waals surface area contributed by atoms with Crippen LogP contribution in [0.25, 0.3) is 0 Å². The van der Waals surface area contributed by atoms with Crippen LogP contribution in [0.2, 0.25) is 0 Å². The Kier molecular flexibility index (Phi) is 10.9. The standard InChI is InChI=1S/C22H36F2O4/c1-4-14-22(23,24)20(26)12-9-11-17-16(2)15-19(25)18(17)10-7-5-6-8-13-21(27)28-3/h5,7,16-18,20,26H,4,6,8-15H2,1-3H3/b7-5-/t16-,17+,18-,20?/m1/s1. The number of aliphatic hydroxyl groups is 1. The minimum Gasteiger partial charge on any atom is -0.469 e. The lowest BCUT2D eigenvalue weighted by molar-refractivity contribution is -0.140. The summed E-state index contributed by atoms with van der Waals surface area (Å²) in [5.74, 6) is -2.65. The van der Waals surface area contributed by atoms with E-state index in [0.29, 0.717) is 44.9 Å². The summed E-state index contributed by atoms with van der Waals surface area (Å²) in [6.07, 6.45) is 6.74. The van der Waals surface area contributed by atoms with Crippen molar-refractivity contribution in [1.29, 1.82) is 0 Å². The first-order valence-corrected chi connectivity index (χ1v) is 10.5. The number of Topliss-reactive ketones (excluding diaryl/α,β-unsaturated/α-hetero) is 1. The van der Waals surface area contributed by atoms with Crippen molar-refractivity contribution in [2.45, 2.75) is 90.1 Å². The zero-order chi connectivity index (χ0) is 21.2. The molecular weight excluding hydrogens is 366 g/mol. The van der Waals surface area contributed by atoms with E-state index in [0.717, 1.165) is 6.42 Å². The molecule has 1 aliphatic rings. The zero-order valence-corrected chi connectivity index (χ0v) is 17.5. The molecule has 6 heteroatoms. The molecule has 4 atom stereocenters. The molecule has 0 saturated heterocycles. The highest BCUT2D eigenvalue weighted by molar-refractivity contribution is 5.84. The third-order valence-electron chi connectivity index (χ3n) is 5.81. The maximum Gasteiger partial charge on any atom is 0.305 e. The molecule has 0 spiro atoms. The number of ether oxygens (including phenoxy) is 1. The van der Waals surface area contributed by atoms with Crippen LogP contribution in [0.3, 0.4) is 0 Å². The molecule has 28 heavy (non-hydrogen) atoms. The number of rotatable bonds is 13. The monoisotopic (exact) mass is 402 g/mol. The highest BCUT2D eigenvalue weighted by Gasteiger charge is 2.40. The fraction of sp³-hybridized carbons (Fsp3) is 0.818. The SMILES string of the molecule is CCCC(F)(F)C(O)CCC[C@H]1[C@H](C)CC(=O)[C@@H]1C/C=C\CCCC(=O)OC. The van der Waals surface area contributed by atoms with Crippen LogP contribution < -0.4 is 0 Å². The second-order valence-corrected chi connectivity index (χ2v) is 8.05. The summed E-state index contributed by atoms with van der Waals surface area (Å²) in [7, 11) is 1.37. The third kappa shape index (κ3) is 7.98. The van der Waals surface area contributed by atoms with Gasteiger partial charge >= 0.3 is 5.97 Å². The first kappa shape index (κ1) is 24.7. The molecule has 1 aliphatic carbocycles. The van der Waals surface area contributed by atoms with Gasteiger partial charge in [0.1, 0.15) is 11.9 Å². The number of ketones is 1. The smallest absolute Gasteiger partial charge is 0.305 e. The molecule has 0 aromatic heterocycles. The van der Waals surface area contributed by atoms with Gasteiger partial charge in [-0.15, -0.1) is 0 Å². The normalized spacial score (nSPS) is 24.1. The molecule has 0 radical (unpaired) electrons. The topological polar surface area (TPSA) is 63.6 Å². The molecule has 4 nitrogen and oxygen atoms in total. The van der Waals surface area contributed by atoms with Crippen molar-refractivity contribution in [3.05, 3.63) is 12.2 Å². The summed E-state index contributed by atoms with van der Waals surface area (Å²) in [6, 6.07) is 0. The Balaban J connectivity index is 2.44. The molecule has 0 aliphatic heterocycles. The number of methoxy groups -OCH3 is 1. The predicted octanol–water partition coefficient (Wildman–Crippen LogP) is 5.08. The Morgan fingerprint density at radius 1 is 1.36 bits per heavy atom. The molecule has 0 bridgehead atoms. The van der Waals surface area contributed by atoms with E-state index in [9.17, 15) is 23.5 Å². The fourth-order valence-electron chi connectivity index (χ4n) is 4.13. The minimum atomic E-state index is -3.03. The first-order chi connectivity index (χ1) is 13.2. The summed E-state index contributed by atoms with van der Waals surface area (Å²) in [5.41, 5.74) is 0. The number of aliphatic hydroxyl groups excluding tert-OH is 1. The van der Waals surface area contributed by atoms with Gasteiger partial charge < -0.3 is 9.84 Å².